The highest BCUT2D eigenvalue weighted by molar-refractivity contribution is 5.91. The molecule has 0 N–H and O–H groups in total. The van der Waals surface area contributed by atoms with Gasteiger partial charge in [0.25, 0.3) is 0 Å². The molecule has 1 rings (SSSR count). The number of aromatic nitrogens is 1. The Bertz CT molecular complexity index is 573. The first-order chi connectivity index (χ1) is 13.6. The van der Waals surface area contributed by atoms with Crippen molar-refractivity contribution in [2.75, 3.05) is 13.2 Å². The van der Waals surface area contributed by atoms with Gasteiger partial charge in [0, 0.05) is 0 Å². The van der Waals surface area contributed by atoms with E-state index in [4.69, 9.17) is 9.47 Å². The zero-order chi connectivity index (χ0) is 20.6. The SMILES string of the molecule is CCCCCCCCOC(=O)c1cccc(C(=O)OCC(CC)CCCC)n1. The van der Waals surface area contributed by atoms with E-state index in [1.165, 1.54) is 25.7 Å². The molecule has 5 heteroatoms. The molecule has 1 atom stereocenters. The van der Waals surface area contributed by atoms with Gasteiger partial charge in [0.1, 0.15) is 11.4 Å². The highest BCUT2D eigenvalue weighted by Gasteiger charge is 2.16. The first-order valence-corrected chi connectivity index (χ1v) is 10.9. The molecule has 0 radical (unpaired) electrons. The molecule has 0 saturated heterocycles. The van der Waals surface area contributed by atoms with Gasteiger partial charge in [-0.05, 0) is 30.9 Å². The average molecular weight is 392 g/mol. The quantitative estimate of drug-likeness (QED) is 0.272. The normalized spacial score (nSPS) is 11.8. The molecule has 5 nitrogen and oxygen atoms in total. The van der Waals surface area contributed by atoms with Gasteiger partial charge in [0.15, 0.2) is 0 Å². The van der Waals surface area contributed by atoms with E-state index in [-0.39, 0.29) is 11.4 Å². The van der Waals surface area contributed by atoms with Crippen LogP contribution in [-0.4, -0.2) is 30.1 Å². The summed E-state index contributed by atoms with van der Waals surface area (Å²) in [5.74, 6) is -0.604. The predicted octanol–water partition coefficient (Wildman–Crippen LogP) is 5.97. The van der Waals surface area contributed by atoms with Crippen LogP contribution in [0.2, 0.25) is 0 Å². The lowest BCUT2D eigenvalue weighted by atomic mass is 10.0. The summed E-state index contributed by atoms with van der Waals surface area (Å²) in [7, 11) is 0. The monoisotopic (exact) mass is 391 g/mol. The Balaban J connectivity index is 2.42. The first-order valence-electron chi connectivity index (χ1n) is 10.9. The summed E-state index contributed by atoms with van der Waals surface area (Å²) >= 11 is 0. The van der Waals surface area contributed by atoms with Crippen molar-refractivity contribution in [1.82, 2.24) is 4.98 Å². The smallest absolute Gasteiger partial charge is 0.356 e. The Morgan fingerprint density at radius 1 is 0.857 bits per heavy atom. The zero-order valence-electron chi connectivity index (χ0n) is 17.9. The largest absolute Gasteiger partial charge is 0.461 e. The number of ether oxygens (including phenoxy) is 2. The molecular weight excluding hydrogens is 354 g/mol. The summed E-state index contributed by atoms with van der Waals surface area (Å²) in [6, 6.07) is 4.77. The summed E-state index contributed by atoms with van der Waals surface area (Å²) in [6.45, 7) is 7.22. The van der Waals surface area contributed by atoms with Crippen LogP contribution in [0, 0.1) is 5.92 Å². The second-order valence-corrected chi connectivity index (χ2v) is 7.33. The van der Waals surface area contributed by atoms with Crippen LogP contribution in [0.5, 0.6) is 0 Å². The lowest BCUT2D eigenvalue weighted by molar-refractivity contribution is 0.0420. The van der Waals surface area contributed by atoms with Crippen LogP contribution >= 0.6 is 0 Å². The molecule has 0 spiro atoms. The van der Waals surface area contributed by atoms with Gasteiger partial charge < -0.3 is 9.47 Å². The molecular formula is C23H37NO4. The van der Waals surface area contributed by atoms with Crippen molar-refractivity contribution in [2.24, 2.45) is 5.92 Å². The van der Waals surface area contributed by atoms with Gasteiger partial charge in [-0.2, -0.15) is 0 Å². The Labute approximate surface area is 170 Å². The summed E-state index contributed by atoms with van der Waals surface area (Å²) < 4.78 is 10.7. The molecule has 1 aromatic heterocycles. The Kier molecular flexibility index (Phi) is 13.0. The van der Waals surface area contributed by atoms with Crippen molar-refractivity contribution in [2.45, 2.75) is 85.0 Å². The molecule has 1 heterocycles. The van der Waals surface area contributed by atoms with Crippen LogP contribution in [0.3, 0.4) is 0 Å². The van der Waals surface area contributed by atoms with E-state index in [1.807, 2.05) is 0 Å². The number of pyridine rings is 1. The second-order valence-electron chi connectivity index (χ2n) is 7.33. The maximum Gasteiger partial charge on any atom is 0.356 e. The van der Waals surface area contributed by atoms with Gasteiger partial charge >= 0.3 is 11.9 Å². The highest BCUT2D eigenvalue weighted by Crippen LogP contribution is 2.14. The van der Waals surface area contributed by atoms with Gasteiger partial charge in [-0.1, -0.05) is 78.2 Å². The van der Waals surface area contributed by atoms with Gasteiger partial charge in [-0.25, -0.2) is 14.6 Å². The molecule has 0 aromatic carbocycles. The predicted molar refractivity (Wildman–Crippen MR) is 111 cm³/mol. The van der Waals surface area contributed by atoms with Crippen molar-refractivity contribution in [3.8, 4) is 0 Å². The molecule has 0 aliphatic heterocycles. The standard InChI is InChI=1S/C23H37NO4/c1-4-7-9-10-11-12-17-27-22(25)20-15-13-16-21(24-20)23(26)28-18-19(6-3)14-8-5-2/h13,15-16,19H,4-12,14,17-18H2,1-3H3. The van der Waals surface area contributed by atoms with Crippen LogP contribution < -0.4 is 0 Å². The minimum absolute atomic E-state index is 0.151. The lowest BCUT2D eigenvalue weighted by Crippen LogP contribution is -2.16. The molecule has 0 aliphatic carbocycles. The summed E-state index contributed by atoms with van der Waals surface area (Å²) in [4.78, 5) is 28.5. The molecule has 0 bridgehead atoms. The van der Waals surface area contributed by atoms with Crippen LogP contribution in [0.15, 0.2) is 18.2 Å². The van der Waals surface area contributed by atoms with Crippen LogP contribution in [0.4, 0.5) is 0 Å². The number of carbonyl (C=O) groups excluding carboxylic acids is 2. The number of carbonyl (C=O) groups is 2. The summed E-state index contributed by atoms with van der Waals surface area (Å²) in [6.07, 6.45) is 11.1. The molecule has 0 fully saturated rings. The van der Waals surface area contributed by atoms with E-state index < -0.39 is 11.9 Å². The van der Waals surface area contributed by atoms with Crippen molar-refractivity contribution < 1.29 is 19.1 Å². The molecule has 1 unspecified atom stereocenters. The highest BCUT2D eigenvalue weighted by atomic mass is 16.5. The maximum atomic E-state index is 12.3. The third-order valence-electron chi connectivity index (χ3n) is 4.89. The number of nitrogens with zero attached hydrogens (tertiary/aromatic N) is 1. The fourth-order valence-electron chi connectivity index (χ4n) is 2.95. The van der Waals surface area contributed by atoms with E-state index >= 15 is 0 Å². The van der Waals surface area contributed by atoms with Crippen molar-refractivity contribution >= 4 is 11.9 Å². The van der Waals surface area contributed by atoms with Crippen LogP contribution in [0.1, 0.15) is 106 Å². The lowest BCUT2D eigenvalue weighted by Gasteiger charge is -2.14. The number of unbranched alkanes of at least 4 members (excludes halogenated alkanes) is 6. The minimum atomic E-state index is -0.488. The van der Waals surface area contributed by atoms with Crippen molar-refractivity contribution in [1.29, 1.82) is 0 Å². The van der Waals surface area contributed by atoms with Gasteiger partial charge in [-0.15, -0.1) is 0 Å². The minimum Gasteiger partial charge on any atom is -0.461 e. The number of esters is 2. The Morgan fingerprint density at radius 3 is 2.11 bits per heavy atom. The summed E-state index contributed by atoms with van der Waals surface area (Å²) in [5.41, 5.74) is 0.304. The number of hydrogen-bond acceptors (Lipinski definition) is 5. The number of hydrogen-bond donors (Lipinski definition) is 0. The second kappa shape index (κ2) is 15.1. The maximum absolute atomic E-state index is 12.3. The van der Waals surface area contributed by atoms with Crippen molar-refractivity contribution in [3.63, 3.8) is 0 Å². The van der Waals surface area contributed by atoms with Crippen LogP contribution in [0.25, 0.3) is 0 Å². The summed E-state index contributed by atoms with van der Waals surface area (Å²) in [5, 5.41) is 0. The molecule has 158 valence electrons. The first kappa shape index (κ1) is 24.1. The van der Waals surface area contributed by atoms with E-state index in [1.54, 1.807) is 18.2 Å². The van der Waals surface area contributed by atoms with E-state index in [2.05, 4.69) is 25.8 Å². The Hall–Kier alpha value is -1.91. The van der Waals surface area contributed by atoms with E-state index in [9.17, 15) is 9.59 Å². The van der Waals surface area contributed by atoms with E-state index in [0.717, 1.165) is 38.5 Å². The fraction of sp³-hybridized carbons (Fsp3) is 0.696. The molecule has 0 aliphatic rings. The molecule has 0 amide bonds. The topological polar surface area (TPSA) is 65.5 Å². The molecule has 28 heavy (non-hydrogen) atoms. The fourth-order valence-corrected chi connectivity index (χ4v) is 2.95. The third kappa shape index (κ3) is 9.86. The molecule has 0 saturated carbocycles. The molecule has 1 aromatic rings. The number of rotatable bonds is 15. The van der Waals surface area contributed by atoms with Crippen LogP contribution in [-0.2, 0) is 9.47 Å². The van der Waals surface area contributed by atoms with Crippen molar-refractivity contribution in [3.05, 3.63) is 29.6 Å². The van der Waals surface area contributed by atoms with Gasteiger partial charge in [0.05, 0.1) is 13.2 Å². The third-order valence-corrected chi connectivity index (χ3v) is 4.89. The zero-order valence-corrected chi connectivity index (χ0v) is 17.9. The van der Waals surface area contributed by atoms with Gasteiger partial charge in [-0.3, -0.25) is 0 Å². The van der Waals surface area contributed by atoms with Gasteiger partial charge in [0.2, 0.25) is 0 Å². The van der Waals surface area contributed by atoms with E-state index in [0.29, 0.717) is 19.1 Å². The average Bonchev–Trinajstić information content (AvgIpc) is 2.73. The Morgan fingerprint density at radius 2 is 1.46 bits per heavy atom.